The van der Waals surface area contributed by atoms with Crippen LogP contribution in [0.1, 0.15) is 25.7 Å². The van der Waals surface area contributed by atoms with Crippen LogP contribution in [0.4, 0.5) is 0 Å². The standard InChI is InChI=1S/C19H27N3O3/c23-18(14-25-17-6-2-1-3-7-17)22-12-4-5-15(13-22)19(24)21-16-8-10-20-11-9-16/h1-3,6-7,15-16,20H,4-5,8-14H2,(H,21,24). The zero-order valence-electron chi connectivity index (χ0n) is 14.6. The second kappa shape index (κ2) is 8.85. The third kappa shape index (κ3) is 5.19. The van der Waals surface area contributed by atoms with Crippen LogP contribution in [-0.4, -0.2) is 55.5 Å². The Bertz CT molecular complexity index is 573. The Morgan fingerprint density at radius 1 is 1.16 bits per heavy atom. The Balaban J connectivity index is 1.46. The van der Waals surface area contributed by atoms with Crippen LogP contribution in [0.3, 0.4) is 0 Å². The second-order valence-electron chi connectivity index (χ2n) is 6.81. The predicted molar refractivity (Wildman–Crippen MR) is 95.3 cm³/mol. The SMILES string of the molecule is O=C(NC1CCNCC1)C1CCCN(C(=O)COc2ccccc2)C1. The van der Waals surface area contributed by atoms with Gasteiger partial charge in [0.2, 0.25) is 5.91 Å². The van der Waals surface area contributed by atoms with Gasteiger partial charge in [0.25, 0.3) is 5.91 Å². The van der Waals surface area contributed by atoms with Crippen LogP contribution in [0.15, 0.2) is 30.3 Å². The van der Waals surface area contributed by atoms with Crippen molar-refractivity contribution in [1.82, 2.24) is 15.5 Å². The van der Waals surface area contributed by atoms with Crippen LogP contribution in [0, 0.1) is 5.92 Å². The molecule has 1 aromatic carbocycles. The summed E-state index contributed by atoms with van der Waals surface area (Å²) < 4.78 is 5.54. The molecular formula is C19H27N3O3. The van der Waals surface area contributed by atoms with E-state index < -0.39 is 0 Å². The number of amides is 2. The van der Waals surface area contributed by atoms with E-state index >= 15 is 0 Å². The van der Waals surface area contributed by atoms with Gasteiger partial charge in [-0.2, -0.15) is 0 Å². The molecule has 2 fully saturated rings. The van der Waals surface area contributed by atoms with Crippen LogP contribution in [0.5, 0.6) is 5.75 Å². The summed E-state index contributed by atoms with van der Waals surface area (Å²) in [6.07, 6.45) is 3.67. The highest BCUT2D eigenvalue weighted by molar-refractivity contribution is 5.82. The van der Waals surface area contributed by atoms with Crippen LogP contribution in [0.25, 0.3) is 0 Å². The third-order valence-electron chi connectivity index (χ3n) is 4.94. The molecule has 6 nitrogen and oxygen atoms in total. The number of likely N-dealkylation sites (tertiary alicyclic amines) is 1. The minimum absolute atomic E-state index is 0.0205. The maximum atomic E-state index is 12.5. The Kier molecular flexibility index (Phi) is 6.28. The summed E-state index contributed by atoms with van der Waals surface area (Å²) in [6.45, 7) is 3.13. The molecule has 1 atom stereocenters. The van der Waals surface area contributed by atoms with Crippen molar-refractivity contribution in [3.63, 3.8) is 0 Å². The number of carbonyl (C=O) groups excluding carboxylic acids is 2. The smallest absolute Gasteiger partial charge is 0.260 e. The van der Waals surface area contributed by atoms with Crippen molar-refractivity contribution in [2.75, 3.05) is 32.8 Å². The first-order valence-electron chi connectivity index (χ1n) is 9.19. The largest absolute Gasteiger partial charge is 0.484 e. The van der Waals surface area contributed by atoms with Crippen molar-refractivity contribution < 1.29 is 14.3 Å². The molecule has 2 heterocycles. The molecule has 0 bridgehead atoms. The Labute approximate surface area is 148 Å². The number of nitrogens with zero attached hydrogens (tertiary/aromatic N) is 1. The maximum Gasteiger partial charge on any atom is 0.260 e. The number of nitrogens with one attached hydrogen (secondary N) is 2. The first kappa shape index (κ1) is 17.7. The Morgan fingerprint density at radius 3 is 2.68 bits per heavy atom. The van der Waals surface area contributed by atoms with Gasteiger partial charge in [-0.25, -0.2) is 0 Å². The lowest BCUT2D eigenvalue weighted by Crippen LogP contribution is -2.50. The van der Waals surface area contributed by atoms with Crippen molar-refractivity contribution >= 4 is 11.8 Å². The van der Waals surface area contributed by atoms with Gasteiger partial charge in [-0.15, -0.1) is 0 Å². The van der Waals surface area contributed by atoms with Gasteiger partial charge < -0.3 is 20.3 Å². The highest BCUT2D eigenvalue weighted by atomic mass is 16.5. The fourth-order valence-corrected chi connectivity index (χ4v) is 3.46. The number of benzene rings is 1. The zero-order valence-corrected chi connectivity index (χ0v) is 14.6. The van der Waals surface area contributed by atoms with Gasteiger partial charge in [-0.05, 0) is 50.9 Å². The predicted octanol–water partition coefficient (Wildman–Crippen LogP) is 1.17. The van der Waals surface area contributed by atoms with Crippen LogP contribution < -0.4 is 15.4 Å². The van der Waals surface area contributed by atoms with E-state index in [-0.39, 0.29) is 30.4 Å². The van der Waals surface area contributed by atoms with Crippen molar-refractivity contribution in [1.29, 1.82) is 0 Å². The topological polar surface area (TPSA) is 70.7 Å². The van der Waals surface area contributed by atoms with Gasteiger partial charge in [0, 0.05) is 19.1 Å². The fraction of sp³-hybridized carbons (Fsp3) is 0.579. The third-order valence-corrected chi connectivity index (χ3v) is 4.94. The van der Waals surface area contributed by atoms with Crippen molar-refractivity contribution in [3.05, 3.63) is 30.3 Å². The summed E-state index contributed by atoms with van der Waals surface area (Å²) >= 11 is 0. The summed E-state index contributed by atoms with van der Waals surface area (Å²) in [5, 5.41) is 6.46. The quantitative estimate of drug-likeness (QED) is 0.840. The van der Waals surface area contributed by atoms with Gasteiger partial charge in [-0.3, -0.25) is 9.59 Å². The van der Waals surface area contributed by atoms with Gasteiger partial charge in [0.15, 0.2) is 6.61 Å². The molecule has 2 aliphatic rings. The number of hydrogen-bond acceptors (Lipinski definition) is 4. The molecule has 0 aromatic heterocycles. The number of rotatable bonds is 5. The second-order valence-corrected chi connectivity index (χ2v) is 6.81. The summed E-state index contributed by atoms with van der Waals surface area (Å²) in [4.78, 5) is 26.7. The molecule has 2 amide bonds. The molecule has 1 aromatic rings. The Hall–Kier alpha value is -2.08. The van der Waals surface area contributed by atoms with Crippen molar-refractivity contribution in [3.8, 4) is 5.75 Å². The molecule has 0 saturated carbocycles. The first-order valence-corrected chi connectivity index (χ1v) is 9.19. The molecule has 2 aliphatic heterocycles. The Morgan fingerprint density at radius 2 is 1.92 bits per heavy atom. The summed E-state index contributed by atoms with van der Waals surface area (Å²) in [6, 6.07) is 9.59. The number of ether oxygens (including phenoxy) is 1. The molecule has 1 unspecified atom stereocenters. The monoisotopic (exact) mass is 345 g/mol. The molecule has 2 saturated heterocycles. The number of hydrogen-bond donors (Lipinski definition) is 2. The summed E-state index contributed by atoms with van der Waals surface area (Å²) in [7, 11) is 0. The number of piperidine rings is 2. The van der Waals surface area contributed by atoms with E-state index in [1.165, 1.54) is 0 Å². The molecule has 3 rings (SSSR count). The molecule has 0 aliphatic carbocycles. The average Bonchev–Trinajstić information content (AvgIpc) is 2.68. The van der Waals surface area contributed by atoms with E-state index in [0.717, 1.165) is 38.8 Å². The van der Waals surface area contributed by atoms with Crippen LogP contribution >= 0.6 is 0 Å². The molecular weight excluding hydrogens is 318 g/mol. The average molecular weight is 345 g/mol. The highest BCUT2D eigenvalue weighted by Gasteiger charge is 2.29. The normalized spacial score (nSPS) is 21.6. The van der Waals surface area contributed by atoms with E-state index in [2.05, 4.69) is 10.6 Å². The molecule has 136 valence electrons. The molecule has 25 heavy (non-hydrogen) atoms. The number of carbonyl (C=O) groups is 2. The minimum atomic E-state index is -0.107. The summed E-state index contributed by atoms with van der Waals surface area (Å²) in [5.41, 5.74) is 0. The van der Waals surface area contributed by atoms with E-state index in [1.807, 2.05) is 30.3 Å². The number of para-hydroxylation sites is 1. The van der Waals surface area contributed by atoms with E-state index in [9.17, 15) is 9.59 Å². The molecule has 6 heteroatoms. The van der Waals surface area contributed by atoms with Gasteiger partial charge in [-0.1, -0.05) is 18.2 Å². The van der Waals surface area contributed by atoms with Gasteiger partial charge in [0.05, 0.1) is 5.92 Å². The van der Waals surface area contributed by atoms with Gasteiger partial charge in [0.1, 0.15) is 5.75 Å². The fourth-order valence-electron chi connectivity index (χ4n) is 3.46. The first-order chi connectivity index (χ1) is 12.2. The van der Waals surface area contributed by atoms with E-state index in [0.29, 0.717) is 18.8 Å². The summed E-state index contributed by atoms with van der Waals surface area (Å²) in [5.74, 6) is 0.619. The lowest BCUT2D eigenvalue weighted by Gasteiger charge is -2.33. The van der Waals surface area contributed by atoms with Crippen LogP contribution in [0.2, 0.25) is 0 Å². The van der Waals surface area contributed by atoms with Crippen molar-refractivity contribution in [2.45, 2.75) is 31.7 Å². The highest BCUT2D eigenvalue weighted by Crippen LogP contribution is 2.18. The maximum absolute atomic E-state index is 12.5. The van der Waals surface area contributed by atoms with E-state index in [1.54, 1.807) is 4.90 Å². The molecule has 2 N–H and O–H groups in total. The van der Waals surface area contributed by atoms with Gasteiger partial charge >= 0.3 is 0 Å². The zero-order chi connectivity index (χ0) is 17.5. The minimum Gasteiger partial charge on any atom is -0.484 e. The van der Waals surface area contributed by atoms with Crippen LogP contribution in [-0.2, 0) is 9.59 Å². The molecule has 0 radical (unpaired) electrons. The lowest BCUT2D eigenvalue weighted by molar-refractivity contribution is -0.137. The van der Waals surface area contributed by atoms with Crippen molar-refractivity contribution in [2.24, 2.45) is 5.92 Å². The van der Waals surface area contributed by atoms with E-state index in [4.69, 9.17) is 4.74 Å². The lowest BCUT2D eigenvalue weighted by atomic mass is 9.96. The molecule has 0 spiro atoms.